The molecule has 1 N–H and O–H groups in total. The SMILES string of the molecule is CCCn1cncc1C(O)c1c(Br)cnn1CCN(C)C. The van der Waals surface area contributed by atoms with Gasteiger partial charge >= 0.3 is 0 Å². The topological polar surface area (TPSA) is 59.1 Å². The fraction of sp³-hybridized carbons (Fsp3) is 0.571. The molecular weight excluding hydrogens is 334 g/mol. The van der Waals surface area contributed by atoms with Crippen molar-refractivity contribution in [3.8, 4) is 0 Å². The molecule has 0 bridgehead atoms. The zero-order chi connectivity index (χ0) is 15.4. The summed E-state index contributed by atoms with van der Waals surface area (Å²) < 4.78 is 4.65. The molecule has 2 rings (SSSR count). The molecule has 2 heterocycles. The highest BCUT2D eigenvalue weighted by Crippen LogP contribution is 2.28. The first-order chi connectivity index (χ1) is 10.0. The van der Waals surface area contributed by atoms with Gasteiger partial charge in [-0.1, -0.05) is 6.92 Å². The van der Waals surface area contributed by atoms with Gasteiger partial charge in [0.15, 0.2) is 0 Å². The Labute approximate surface area is 133 Å². The minimum atomic E-state index is -0.738. The van der Waals surface area contributed by atoms with Crippen LogP contribution in [-0.4, -0.2) is 50.0 Å². The van der Waals surface area contributed by atoms with Crippen molar-refractivity contribution in [1.29, 1.82) is 0 Å². The van der Waals surface area contributed by atoms with E-state index < -0.39 is 6.10 Å². The van der Waals surface area contributed by atoms with Gasteiger partial charge in [-0.15, -0.1) is 0 Å². The highest BCUT2D eigenvalue weighted by Gasteiger charge is 2.22. The molecule has 0 spiro atoms. The Morgan fingerprint density at radius 2 is 2.10 bits per heavy atom. The second kappa shape index (κ2) is 7.20. The van der Waals surface area contributed by atoms with E-state index in [4.69, 9.17) is 0 Å². The Morgan fingerprint density at radius 3 is 2.76 bits per heavy atom. The van der Waals surface area contributed by atoms with Gasteiger partial charge in [-0.25, -0.2) is 4.98 Å². The van der Waals surface area contributed by atoms with Gasteiger partial charge in [0, 0.05) is 13.1 Å². The van der Waals surface area contributed by atoms with Crippen LogP contribution < -0.4 is 0 Å². The van der Waals surface area contributed by atoms with Crippen LogP contribution in [0.1, 0.15) is 30.8 Å². The van der Waals surface area contributed by atoms with Crippen molar-refractivity contribution in [1.82, 2.24) is 24.2 Å². The number of rotatable bonds is 7. The van der Waals surface area contributed by atoms with E-state index in [2.05, 4.69) is 37.8 Å². The number of halogens is 1. The lowest BCUT2D eigenvalue weighted by atomic mass is 10.2. The van der Waals surface area contributed by atoms with Gasteiger partial charge in [-0.3, -0.25) is 4.68 Å². The first kappa shape index (κ1) is 16.2. The zero-order valence-electron chi connectivity index (χ0n) is 12.7. The summed E-state index contributed by atoms with van der Waals surface area (Å²) in [6.07, 6.45) is 5.47. The first-order valence-corrected chi connectivity index (χ1v) is 7.88. The number of aliphatic hydroxyl groups excluding tert-OH is 1. The highest BCUT2D eigenvalue weighted by atomic mass is 79.9. The van der Waals surface area contributed by atoms with E-state index in [1.807, 2.05) is 23.3 Å². The van der Waals surface area contributed by atoms with Crippen LogP contribution in [0.5, 0.6) is 0 Å². The first-order valence-electron chi connectivity index (χ1n) is 7.08. The van der Waals surface area contributed by atoms with Gasteiger partial charge in [0.05, 0.1) is 41.1 Å². The molecule has 1 atom stereocenters. The van der Waals surface area contributed by atoms with Crippen molar-refractivity contribution in [2.75, 3.05) is 20.6 Å². The monoisotopic (exact) mass is 355 g/mol. The highest BCUT2D eigenvalue weighted by molar-refractivity contribution is 9.10. The maximum absolute atomic E-state index is 10.7. The number of nitrogens with zero attached hydrogens (tertiary/aromatic N) is 5. The second-order valence-corrected chi connectivity index (χ2v) is 6.17. The number of likely N-dealkylation sites (N-methyl/N-ethyl adjacent to an activating group) is 1. The summed E-state index contributed by atoms with van der Waals surface area (Å²) in [4.78, 5) is 6.25. The fourth-order valence-corrected chi connectivity index (χ4v) is 2.76. The summed E-state index contributed by atoms with van der Waals surface area (Å²) in [5.41, 5.74) is 1.57. The molecule has 0 radical (unpaired) electrons. The average Bonchev–Trinajstić information content (AvgIpc) is 3.03. The summed E-state index contributed by atoms with van der Waals surface area (Å²) in [6, 6.07) is 0. The summed E-state index contributed by atoms with van der Waals surface area (Å²) in [5.74, 6) is 0. The molecule has 0 aliphatic carbocycles. The average molecular weight is 356 g/mol. The molecule has 116 valence electrons. The number of imidazole rings is 1. The van der Waals surface area contributed by atoms with Crippen LogP contribution in [0.25, 0.3) is 0 Å². The third-order valence-electron chi connectivity index (χ3n) is 3.34. The molecule has 0 saturated heterocycles. The Bertz CT molecular complexity index is 578. The molecule has 2 aromatic heterocycles. The van der Waals surface area contributed by atoms with Crippen molar-refractivity contribution < 1.29 is 5.11 Å². The number of aromatic nitrogens is 4. The van der Waals surface area contributed by atoms with Crippen LogP contribution in [0.4, 0.5) is 0 Å². The Kier molecular flexibility index (Phi) is 5.55. The van der Waals surface area contributed by atoms with Crippen molar-refractivity contribution in [3.05, 3.63) is 34.6 Å². The zero-order valence-corrected chi connectivity index (χ0v) is 14.3. The second-order valence-electron chi connectivity index (χ2n) is 5.32. The lowest BCUT2D eigenvalue weighted by Gasteiger charge is -2.17. The Morgan fingerprint density at radius 1 is 1.33 bits per heavy atom. The third kappa shape index (κ3) is 3.72. The molecule has 21 heavy (non-hydrogen) atoms. The molecule has 0 fully saturated rings. The molecule has 0 amide bonds. The number of aliphatic hydroxyl groups is 1. The number of hydrogen-bond acceptors (Lipinski definition) is 4. The minimum absolute atomic E-state index is 0.729. The maximum Gasteiger partial charge on any atom is 0.138 e. The van der Waals surface area contributed by atoms with Gasteiger partial charge < -0.3 is 14.6 Å². The predicted molar refractivity (Wildman–Crippen MR) is 85.1 cm³/mol. The van der Waals surface area contributed by atoms with E-state index in [0.717, 1.165) is 41.9 Å². The fourth-order valence-electron chi connectivity index (χ4n) is 2.24. The van der Waals surface area contributed by atoms with Gasteiger partial charge in [-0.05, 0) is 36.4 Å². The van der Waals surface area contributed by atoms with Crippen LogP contribution in [0.2, 0.25) is 0 Å². The molecule has 0 saturated carbocycles. The van der Waals surface area contributed by atoms with Crippen molar-refractivity contribution in [2.45, 2.75) is 32.5 Å². The molecule has 0 aliphatic heterocycles. The van der Waals surface area contributed by atoms with Crippen molar-refractivity contribution in [2.24, 2.45) is 0 Å². The van der Waals surface area contributed by atoms with Gasteiger partial charge in [0.25, 0.3) is 0 Å². The van der Waals surface area contributed by atoms with Crippen LogP contribution in [0.15, 0.2) is 23.2 Å². The molecule has 2 aromatic rings. The smallest absolute Gasteiger partial charge is 0.138 e. The standard InChI is InChI=1S/C14H22BrN5O/c1-4-5-19-10-16-9-12(19)14(21)13-11(15)8-17-20(13)7-6-18(2)3/h8-10,14,21H,4-7H2,1-3H3. The Hall–Kier alpha value is -1.18. The number of hydrogen-bond donors (Lipinski definition) is 1. The van der Waals surface area contributed by atoms with E-state index in [1.165, 1.54) is 0 Å². The molecular formula is C14H22BrN5O. The summed E-state index contributed by atoms with van der Waals surface area (Å²) in [5, 5.41) is 15.1. The third-order valence-corrected chi connectivity index (χ3v) is 3.95. The van der Waals surface area contributed by atoms with Crippen LogP contribution in [0.3, 0.4) is 0 Å². The van der Waals surface area contributed by atoms with E-state index in [9.17, 15) is 5.11 Å². The molecule has 0 aliphatic rings. The largest absolute Gasteiger partial charge is 0.380 e. The summed E-state index contributed by atoms with van der Waals surface area (Å²) in [6.45, 7) is 4.54. The summed E-state index contributed by atoms with van der Waals surface area (Å²) in [7, 11) is 4.04. The maximum atomic E-state index is 10.7. The molecule has 0 aromatic carbocycles. The van der Waals surface area contributed by atoms with Crippen molar-refractivity contribution >= 4 is 15.9 Å². The normalized spacial score (nSPS) is 13.0. The van der Waals surface area contributed by atoms with Crippen molar-refractivity contribution in [3.63, 3.8) is 0 Å². The Balaban J connectivity index is 2.27. The van der Waals surface area contributed by atoms with Gasteiger partial charge in [0.2, 0.25) is 0 Å². The van der Waals surface area contributed by atoms with E-state index >= 15 is 0 Å². The lowest BCUT2D eigenvalue weighted by molar-refractivity contribution is 0.195. The molecule has 6 nitrogen and oxygen atoms in total. The number of aryl methyl sites for hydroxylation is 1. The van der Waals surface area contributed by atoms with E-state index in [0.29, 0.717) is 0 Å². The molecule has 7 heteroatoms. The quantitative estimate of drug-likeness (QED) is 0.823. The van der Waals surface area contributed by atoms with Crippen LogP contribution in [0, 0.1) is 0 Å². The summed E-state index contributed by atoms with van der Waals surface area (Å²) >= 11 is 3.49. The minimum Gasteiger partial charge on any atom is -0.380 e. The molecule has 1 unspecified atom stereocenters. The van der Waals surface area contributed by atoms with Crippen LogP contribution in [-0.2, 0) is 13.1 Å². The van der Waals surface area contributed by atoms with Crippen LogP contribution >= 0.6 is 15.9 Å². The van der Waals surface area contributed by atoms with E-state index in [1.54, 1.807) is 18.7 Å². The predicted octanol–water partition coefficient (Wildman–Crippen LogP) is 1.90. The van der Waals surface area contributed by atoms with Gasteiger partial charge in [0.1, 0.15) is 6.10 Å². The lowest BCUT2D eigenvalue weighted by Crippen LogP contribution is -2.22. The van der Waals surface area contributed by atoms with E-state index in [-0.39, 0.29) is 0 Å². The van der Waals surface area contributed by atoms with Gasteiger partial charge in [-0.2, -0.15) is 5.10 Å².